The number of likely N-dealkylation sites (N-methyl/N-ethyl adjacent to an activating group) is 1. The second-order valence-corrected chi connectivity index (χ2v) is 3.56. The molecule has 5 heteroatoms. The van der Waals surface area contributed by atoms with Crippen LogP contribution in [0.1, 0.15) is 0 Å². The van der Waals surface area contributed by atoms with Crippen molar-refractivity contribution in [3.05, 3.63) is 22.7 Å². The summed E-state index contributed by atoms with van der Waals surface area (Å²) in [4.78, 5) is 22.1. The van der Waals surface area contributed by atoms with E-state index < -0.39 is 0 Å². The van der Waals surface area contributed by atoms with Gasteiger partial charge in [-0.25, -0.2) is 4.98 Å². The van der Waals surface area contributed by atoms with Gasteiger partial charge >= 0.3 is 0 Å². The lowest BCUT2D eigenvalue weighted by Gasteiger charge is -2.32. The third kappa shape index (κ3) is 1.93. The van der Waals surface area contributed by atoms with E-state index >= 15 is 0 Å². The van der Waals surface area contributed by atoms with Gasteiger partial charge in [-0.05, 0) is 7.05 Å². The zero-order valence-electron chi connectivity index (χ0n) is 8.23. The van der Waals surface area contributed by atoms with E-state index in [9.17, 15) is 4.79 Å². The van der Waals surface area contributed by atoms with Crippen LogP contribution in [0.5, 0.6) is 0 Å². The van der Waals surface area contributed by atoms with E-state index in [-0.39, 0.29) is 5.56 Å². The smallest absolute Gasteiger partial charge is 0.252 e. The molecule has 0 bridgehead atoms. The summed E-state index contributed by atoms with van der Waals surface area (Å²) >= 11 is 0. The standard InChI is InChI=1S/C9H14N4O/c1-12-2-4-13(5-3-12)8-6-9(14)11-7-10-8/h6-7H,2-5H2,1H3,(H,10,11,14). The second kappa shape index (κ2) is 3.79. The first kappa shape index (κ1) is 9.21. The molecule has 2 rings (SSSR count). The summed E-state index contributed by atoms with van der Waals surface area (Å²) in [5.41, 5.74) is -0.0890. The Morgan fingerprint density at radius 2 is 2.07 bits per heavy atom. The Bertz CT molecular complexity index is 354. The Kier molecular flexibility index (Phi) is 2.49. The molecule has 1 fully saturated rings. The van der Waals surface area contributed by atoms with Gasteiger partial charge in [0, 0.05) is 32.2 Å². The Balaban J connectivity index is 2.12. The molecule has 1 aliphatic rings. The van der Waals surface area contributed by atoms with Crippen molar-refractivity contribution in [2.45, 2.75) is 0 Å². The summed E-state index contributed by atoms with van der Waals surface area (Å²) in [6.45, 7) is 3.92. The number of piperazine rings is 1. The molecule has 2 heterocycles. The van der Waals surface area contributed by atoms with Crippen molar-refractivity contribution in [2.75, 3.05) is 38.1 Å². The van der Waals surface area contributed by atoms with Crippen molar-refractivity contribution in [3.8, 4) is 0 Å². The van der Waals surface area contributed by atoms with Crippen LogP contribution in [0.2, 0.25) is 0 Å². The van der Waals surface area contributed by atoms with Gasteiger partial charge in [0.2, 0.25) is 0 Å². The van der Waals surface area contributed by atoms with Crippen LogP contribution >= 0.6 is 0 Å². The van der Waals surface area contributed by atoms with Gasteiger partial charge in [0.15, 0.2) is 0 Å². The van der Waals surface area contributed by atoms with Gasteiger partial charge in [-0.1, -0.05) is 0 Å². The average Bonchev–Trinajstić information content (AvgIpc) is 2.19. The molecule has 0 amide bonds. The molecule has 14 heavy (non-hydrogen) atoms. The van der Waals surface area contributed by atoms with E-state index in [0.29, 0.717) is 0 Å². The van der Waals surface area contributed by atoms with Crippen molar-refractivity contribution in [1.29, 1.82) is 0 Å². The summed E-state index contributed by atoms with van der Waals surface area (Å²) < 4.78 is 0. The predicted molar refractivity (Wildman–Crippen MR) is 54.6 cm³/mol. The highest BCUT2D eigenvalue weighted by molar-refractivity contribution is 5.36. The lowest BCUT2D eigenvalue weighted by atomic mass is 10.3. The molecule has 0 radical (unpaired) electrons. The van der Waals surface area contributed by atoms with Gasteiger partial charge in [-0.2, -0.15) is 0 Å². The Labute approximate surface area is 82.4 Å². The molecular formula is C9H14N4O. The van der Waals surface area contributed by atoms with Crippen molar-refractivity contribution in [3.63, 3.8) is 0 Å². The maximum absolute atomic E-state index is 11.1. The van der Waals surface area contributed by atoms with E-state index in [4.69, 9.17) is 0 Å². The van der Waals surface area contributed by atoms with E-state index in [0.717, 1.165) is 32.0 Å². The molecule has 0 saturated carbocycles. The van der Waals surface area contributed by atoms with Crippen molar-refractivity contribution in [2.24, 2.45) is 0 Å². The highest BCUT2D eigenvalue weighted by Gasteiger charge is 2.14. The summed E-state index contributed by atoms with van der Waals surface area (Å²) in [7, 11) is 2.10. The summed E-state index contributed by atoms with van der Waals surface area (Å²) in [5, 5.41) is 0. The number of H-pyrrole nitrogens is 1. The third-order valence-corrected chi connectivity index (χ3v) is 2.49. The summed E-state index contributed by atoms with van der Waals surface area (Å²) in [6.07, 6.45) is 1.45. The SMILES string of the molecule is CN1CCN(c2cc(=O)[nH]cn2)CC1. The first-order valence-corrected chi connectivity index (χ1v) is 4.74. The van der Waals surface area contributed by atoms with Gasteiger partial charge in [0.25, 0.3) is 5.56 Å². The monoisotopic (exact) mass is 194 g/mol. The molecule has 1 saturated heterocycles. The summed E-state index contributed by atoms with van der Waals surface area (Å²) in [6, 6.07) is 1.55. The van der Waals surface area contributed by atoms with E-state index in [1.165, 1.54) is 6.33 Å². The van der Waals surface area contributed by atoms with Crippen LogP contribution in [0.25, 0.3) is 0 Å². The van der Waals surface area contributed by atoms with Crippen LogP contribution in [0.4, 0.5) is 5.82 Å². The molecule has 76 valence electrons. The van der Waals surface area contributed by atoms with Crippen LogP contribution < -0.4 is 10.5 Å². The van der Waals surface area contributed by atoms with Gasteiger partial charge in [0.1, 0.15) is 5.82 Å². The number of aromatic nitrogens is 2. The minimum Gasteiger partial charge on any atom is -0.354 e. The Morgan fingerprint density at radius 1 is 1.36 bits per heavy atom. The number of hydrogen-bond acceptors (Lipinski definition) is 4. The second-order valence-electron chi connectivity index (χ2n) is 3.56. The van der Waals surface area contributed by atoms with E-state index in [1.807, 2.05) is 0 Å². The van der Waals surface area contributed by atoms with Crippen molar-refractivity contribution < 1.29 is 0 Å². The number of rotatable bonds is 1. The quantitative estimate of drug-likeness (QED) is 0.656. The minimum absolute atomic E-state index is 0.0890. The minimum atomic E-state index is -0.0890. The molecule has 0 spiro atoms. The fourth-order valence-corrected chi connectivity index (χ4v) is 1.57. The average molecular weight is 194 g/mol. The molecule has 1 aliphatic heterocycles. The van der Waals surface area contributed by atoms with E-state index in [1.54, 1.807) is 6.07 Å². The Morgan fingerprint density at radius 3 is 2.71 bits per heavy atom. The van der Waals surface area contributed by atoms with Crippen LogP contribution in [0.3, 0.4) is 0 Å². The molecular weight excluding hydrogens is 180 g/mol. The maximum atomic E-state index is 11.1. The number of anilines is 1. The molecule has 0 unspecified atom stereocenters. The van der Waals surface area contributed by atoms with Crippen LogP contribution in [-0.4, -0.2) is 48.1 Å². The first-order valence-electron chi connectivity index (χ1n) is 4.74. The topological polar surface area (TPSA) is 52.2 Å². The van der Waals surface area contributed by atoms with Crippen LogP contribution in [-0.2, 0) is 0 Å². The van der Waals surface area contributed by atoms with E-state index in [2.05, 4.69) is 26.8 Å². The largest absolute Gasteiger partial charge is 0.354 e. The van der Waals surface area contributed by atoms with Gasteiger partial charge in [-0.15, -0.1) is 0 Å². The normalized spacial score (nSPS) is 18.5. The molecule has 1 N–H and O–H groups in total. The molecule has 0 aliphatic carbocycles. The third-order valence-electron chi connectivity index (χ3n) is 2.49. The molecule has 0 atom stereocenters. The van der Waals surface area contributed by atoms with Gasteiger partial charge in [0.05, 0.1) is 6.33 Å². The fourth-order valence-electron chi connectivity index (χ4n) is 1.57. The molecule has 5 nitrogen and oxygen atoms in total. The Hall–Kier alpha value is -1.36. The zero-order valence-corrected chi connectivity index (χ0v) is 8.23. The number of nitrogens with one attached hydrogen (secondary N) is 1. The zero-order chi connectivity index (χ0) is 9.97. The summed E-state index contributed by atoms with van der Waals surface area (Å²) in [5.74, 6) is 0.779. The van der Waals surface area contributed by atoms with Crippen LogP contribution in [0, 0.1) is 0 Å². The number of hydrogen-bond donors (Lipinski definition) is 1. The number of nitrogens with zero attached hydrogens (tertiary/aromatic N) is 3. The highest BCUT2D eigenvalue weighted by atomic mass is 16.1. The lowest BCUT2D eigenvalue weighted by molar-refractivity contribution is 0.312. The van der Waals surface area contributed by atoms with Gasteiger partial charge in [-0.3, -0.25) is 4.79 Å². The maximum Gasteiger partial charge on any atom is 0.252 e. The number of aromatic amines is 1. The highest BCUT2D eigenvalue weighted by Crippen LogP contribution is 2.08. The predicted octanol–water partition coefficient (Wildman–Crippen LogP) is -0.478. The van der Waals surface area contributed by atoms with Crippen LogP contribution in [0.15, 0.2) is 17.2 Å². The molecule has 1 aromatic rings. The lowest BCUT2D eigenvalue weighted by Crippen LogP contribution is -2.45. The van der Waals surface area contributed by atoms with Gasteiger partial charge < -0.3 is 14.8 Å². The molecule has 0 aromatic carbocycles. The van der Waals surface area contributed by atoms with Crippen molar-refractivity contribution >= 4 is 5.82 Å². The fraction of sp³-hybridized carbons (Fsp3) is 0.556. The molecule has 1 aromatic heterocycles. The first-order chi connectivity index (χ1) is 6.75. The van der Waals surface area contributed by atoms with Crippen molar-refractivity contribution in [1.82, 2.24) is 14.9 Å².